The van der Waals surface area contributed by atoms with Crippen molar-refractivity contribution in [2.24, 2.45) is 0 Å². The van der Waals surface area contributed by atoms with Crippen LogP contribution < -0.4 is 5.32 Å². The number of piperidine rings is 1. The second kappa shape index (κ2) is 6.50. The Morgan fingerprint density at radius 1 is 1.47 bits per heavy atom. The van der Waals surface area contributed by atoms with Crippen molar-refractivity contribution in [1.82, 2.24) is 4.90 Å². The lowest BCUT2D eigenvalue weighted by Crippen LogP contribution is -2.40. The summed E-state index contributed by atoms with van der Waals surface area (Å²) in [5, 5.41) is 12.4. The van der Waals surface area contributed by atoms with Gasteiger partial charge in [0.2, 0.25) is 5.91 Å². The maximum atomic E-state index is 12.0. The topological polar surface area (TPSA) is 52.6 Å². The third-order valence-electron chi connectivity index (χ3n) is 3.39. The van der Waals surface area contributed by atoms with E-state index in [1.54, 1.807) is 0 Å². The number of carbonyl (C=O) groups excluding carboxylic acids is 1. The summed E-state index contributed by atoms with van der Waals surface area (Å²) in [6, 6.07) is 5.80. The van der Waals surface area contributed by atoms with Crippen molar-refractivity contribution < 1.29 is 9.90 Å². The Bertz CT molecular complexity index is 457. The van der Waals surface area contributed by atoms with Gasteiger partial charge >= 0.3 is 0 Å². The molecule has 5 heteroatoms. The average molecular weight is 327 g/mol. The molecule has 0 unspecified atom stereocenters. The molecule has 0 aliphatic carbocycles. The Kier molecular flexibility index (Phi) is 4.96. The molecule has 0 saturated carbocycles. The van der Waals surface area contributed by atoms with Crippen LogP contribution in [0.5, 0.6) is 0 Å². The molecule has 1 aromatic carbocycles. The molecule has 0 atom stereocenters. The molecule has 0 spiro atoms. The lowest BCUT2D eigenvalue weighted by atomic mass is 10.1. The van der Waals surface area contributed by atoms with Crippen molar-refractivity contribution in [3.05, 3.63) is 28.2 Å². The molecule has 2 rings (SSSR count). The summed E-state index contributed by atoms with van der Waals surface area (Å²) in [5.74, 6) is 0.00168. The van der Waals surface area contributed by atoms with Crippen molar-refractivity contribution >= 4 is 27.5 Å². The summed E-state index contributed by atoms with van der Waals surface area (Å²) in [4.78, 5) is 14.1. The number of rotatable bonds is 3. The number of aliphatic hydroxyl groups is 1. The number of halogens is 1. The van der Waals surface area contributed by atoms with Gasteiger partial charge in [-0.2, -0.15) is 0 Å². The van der Waals surface area contributed by atoms with Crippen LogP contribution in [0.25, 0.3) is 0 Å². The van der Waals surface area contributed by atoms with Gasteiger partial charge < -0.3 is 10.4 Å². The molecule has 1 aromatic rings. The predicted molar refractivity (Wildman–Crippen MR) is 79.2 cm³/mol. The zero-order chi connectivity index (χ0) is 13.8. The number of amides is 1. The molecule has 0 aromatic heterocycles. The zero-order valence-electron chi connectivity index (χ0n) is 11.0. The largest absolute Gasteiger partial charge is 0.393 e. The molecule has 1 aliphatic heterocycles. The standard InChI is InChI=1S/C14H19BrN2O2/c1-10-8-11(15)2-3-13(10)16-14(19)9-17-6-4-12(18)5-7-17/h2-3,8,12,18H,4-7,9H2,1H3,(H,16,19). The number of benzene rings is 1. The number of anilines is 1. The average Bonchev–Trinajstić information content (AvgIpc) is 2.36. The third kappa shape index (κ3) is 4.30. The van der Waals surface area contributed by atoms with Crippen LogP contribution in [-0.2, 0) is 4.79 Å². The van der Waals surface area contributed by atoms with Crippen LogP contribution in [-0.4, -0.2) is 41.7 Å². The minimum Gasteiger partial charge on any atom is -0.393 e. The normalized spacial score (nSPS) is 17.4. The number of hydrogen-bond acceptors (Lipinski definition) is 3. The number of aryl methyl sites for hydroxylation is 1. The number of hydrogen-bond donors (Lipinski definition) is 2. The zero-order valence-corrected chi connectivity index (χ0v) is 12.6. The fraction of sp³-hybridized carbons (Fsp3) is 0.500. The fourth-order valence-electron chi connectivity index (χ4n) is 2.24. The minimum atomic E-state index is -0.201. The highest BCUT2D eigenvalue weighted by Crippen LogP contribution is 2.20. The van der Waals surface area contributed by atoms with Crippen LogP contribution in [0.15, 0.2) is 22.7 Å². The first-order chi connectivity index (χ1) is 9.04. The number of aliphatic hydroxyl groups excluding tert-OH is 1. The van der Waals surface area contributed by atoms with Crippen LogP contribution >= 0.6 is 15.9 Å². The van der Waals surface area contributed by atoms with Gasteiger partial charge in [-0.3, -0.25) is 9.69 Å². The van der Waals surface area contributed by atoms with Gasteiger partial charge in [0.05, 0.1) is 12.6 Å². The first-order valence-electron chi connectivity index (χ1n) is 6.51. The predicted octanol–water partition coefficient (Wildman–Crippen LogP) is 2.15. The molecular formula is C14H19BrN2O2. The van der Waals surface area contributed by atoms with E-state index in [0.717, 1.165) is 41.7 Å². The number of nitrogens with one attached hydrogen (secondary N) is 1. The Hall–Kier alpha value is -0.910. The molecular weight excluding hydrogens is 308 g/mol. The molecule has 4 nitrogen and oxygen atoms in total. The molecule has 1 aliphatic rings. The molecule has 2 N–H and O–H groups in total. The highest BCUT2D eigenvalue weighted by molar-refractivity contribution is 9.10. The van der Waals surface area contributed by atoms with Crippen molar-refractivity contribution in [3.63, 3.8) is 0 Å². The van der Waals surface area contributed by atoms with E-state index in [1.807, 2.05) is 25.1 Å². The van der Waals surface area contributed by atoms with E-state index in [9.17, 15) is 9.90 Å². The van der Waals surface area contributed by atoms with E-state index in [2.05, 4.69) is 26.1 Å². The molecule has 19 heavy (non-hydrogen) atoms. The van der Waals surface area contributed by atoms with Crippen LogP contribution in [0, 0.1) is 6.92 Å². The summed E-state index contributed by atoms with van der Waals surface area (Å²) in [7, 11) is 0. The molecule has 1 amide bonds. The highest BCUT2D eigenvalue weighted by Gasteiger charge is 2.19. The minimum absolute atomic E-state index is 0.00168. The number of nitrogens with zero attached hydrogens (tertiary/aromatic N) is 1. The summed E-state index contributed by atoms with van der Waals surface area (Å²) in [5.41, 5.74) is 1.89. The number of likely N-dealkylation sites (tertiary alicyclic amines) is 1. The van der Waals surface area contributed by atoms with E-state index >= 15 is 0 Å². The smallest absolute Gasteiger partial charge is 0.238 e. The second-order valence-electron chi connectivity index (χ2n) is 5.01. The van der Waals surface area contributed by atoms with Crippen molar-refractivity contribution in [1.29, 1.82) is 0 Å². The Balaban J connectivity index is 1.87. The molecule has 104 valence electrons. The summed E-state index contributed by atoms with van der Waals surface area (Å²) in [6.45, 7) is 3.93. The van der Waals surface area contributed by atoms with Gasteiger partial charge in [-0.05, 0) is 43.5 Å². The SMILES string of the molecule is Cc1cc(Br)ccc1NC(=O)CN1CCC(O)CC1. The first kappa shape index (κ1) is 14.5. The van der Waals surface area contributed by atoms with Crippen molar-refractivity contribution in [2.45, 2.75) is 25.9 Å². The van der Waals surface area contributed by atoms with Crippen LogP contribution in [0.1, 0.15) is 18.4 Å². The molecule has 0 radical (unpaired) electrons. The van der Waals surface area contributed by atoms with Gasteiger partial charge in [-0.1, -0.05) is 15.9 Å². The van der Waals surface area contributed by atoms with E-state index in [-0.39, 0.29) is 12.0 Å². The van der Waals surface area contributed by atoms with Crippen molar-refractivity contribution in [3.8, 4) is 0 Å². The maximum absolute atomic E-state index is 12.0. The Morgan fingerprint density at radius 3 is 2.79 bits per heavy atom. The lowest BCUT2D eigenvalue weighted by Gasteiger charge is -2.28. The molecule has 1 heterocycles. The summed E-state index contributed by atoms with van der Waals surface area (Å²) in [6.07, 6.45) is 1.31. The summed E-state index contributed by atoms with van der Waals surface area (Å²) < 4.78 is 1.01. The van der Waals surface area contributed by atoms with Gasteiger partial charge in [0, 0.05) is 23.2 Å². The van der Waals surface area contributed by atoms with E-state index in [1.165, 1.54) is 0 Å². The fourth-order valence-corrected chi connectivity index (χ4v) is 2.71. The molecule has 1 fully saturated rings. The summed E-state index contributed by atoms with van der Waals surface area (Å²) >= 11 is 3.40. The number of carbonyl (C=O) groups is 1. The maximum Gasteiger partial charge on any atom is 0.238 e. The van der Waals surface area contributed by atoms with Crippen LogP contribution in [0.4, 0.5) is 5.69 Å². The Labute approximate surface area is 121 Å². The highest BCUT2D eigenvalue weighted by atomic mass is 79.9. The van der Waals surface area contributed by atoms with Crippen LogP contribution in [0.2, 0.25) is 0 Å². The van der Waals surface area contributed by atoms with Gasteiger partial charge in [-0.15, -0.1) is 0 Å². The van der Waals surface area contributed by atoms with E-state index in [0.29, 0.717) is 6.54 Å². The quantitative estimate of drug-likeness (QED) is 0.894. The first-order valence-corrected chi connectivity index (χ1v) is 7.30. The third-order valence-corrected chi connectivity index (χ3v) is 3.88. The lowest BCUT2D eigenvalue weighted by molar-refractivity contribution is -0.117. The molecule has 1 saturated heterocycles. The monoisotopic (exact) mass is 326 g/mol. The van der Waals surface area contributed by atoms with Gasteiger partial charge in [0.25, 0.3) is 0 Å². The van der Waals surface area contributed by atoms with Crippen LogP contribution in [0.3, 0.4) is 0 Å². The van der Waals surface area contributed by atoms with Gasteiger partial charge in [0.15, 0.2) is 0 Å². The van der Waals surface area contributed by atoms with Gasteiger partial charge in [0.1, 0.15) is 0 Å². The second-order valence-corrected chi connectivity index (χ2v) is 5.93. The Morgan fingerprint density at radius 2 is 2.16 bits per heavy atom. The molecule has 0 bridgehead atoms. The van der Waals surface area contributed by atoms with Crippen molar-refractivity contribution in [2.75, 3.05) is 25.0 Å². The van der Waals surface area contributed by atoms with Gasteiger partial charge in [-0.25, -0.2) is 0 Å². The van der Waals surface area contributed by atoms with E-state index in [4.69, 9.17) is 0 Å². The van der Waals surface area contributed by atoms with E-state index < -0.39 is 0 Å².